The van der Waals surface area contributed by atoms with Crippen molar-refractivity contribution in [3.05, 3.63) is 28.2 Å². The molecule has 118 valence electrons. The smallest absolute Gasteiger partial charge is 0.261 e. The van der Waals surface area contributed by atoms with Gasteiger partial charge in [-0.2, -0.15) is 0 Å². The Bertz CT molecular complexity index is 501. The van der Waals surface area contributed by atoms with Crippen molar-refractivity contribution in [2.24, 2.45) is 5.73 Å². The van der Waals surface area contributed by atoms with E-state index in [0.29, 0.717) is 5.75 Å². The standard InChI is InChI=1S/C16H25BrN2O2/c1-6-16(4,5)19-15(20)11(3)21-14-8-7-12(17)9-13(14)10(2)18/h7-11H,6,18H2,1-5H3,(H,19,20). The van der Waals surface area contributed by atoms with E-state index in [2.05, 4.69) is 21.2 Å². The van der Waals surface area contributed by atoms with Crippen LogP contribution in [0.25, 0.3) is 0 Å². The number of carbonyl (C=O) groups is 1. The lowest BCUT2D eigenvalue weighted by Crippen LogP contribution is -2.48. The van der Waals surface area contributed by atoms with Crippen molar-refractivity contribution in [2.45, 2.75) is 58.7 Å². The summed E-state index contributed by atoms with van der Waals surface area (Å²) < 4.78 is 6.74. The maximum atomic E-state index is 12.2. The molecule has 1 aromatic carbocycles. The highest BCUT2D eigenvalue weighted by atomic mass is 79.9. The second-order valence-corrected chi connectivity index (χ2v) is 6.87. The predicted molar refractivity (Wildman–Crippen MR) is 89.3 cm³/mol. The minimum Gasteiger partial charge on any atom is -0.481 e. The first-order chi connectivity index (χ1) is 9.66. The highest BCUT2D eigenvalue weighted by Crippen LogP contribution is 2.28. The molecule has 0 fully saturated rings. The topological polar surface area (TPSA) is 64.3 Å². The Morgan fingerprint density at radius 3 is 2.57 bits per heavy atom. The van der Waals surface area contributed by atoms with Crippen LogP contribution in [-0.2, 0) is 4.79 Å². The van der Waals surface area contributed by atoms with Crippen LogP contribution < -0.4 is 15.8 Å². The summed E-state index contributed by atoms with van der Waals surface area (Å²) in [6, 6.07) is 5.46. The number of carbonyl (C=O) groups excluding carboxylic acids is 1. The third-order valence-electron chi connectivity index (χ3n) is 3.48. The maximum absolute atomic E-state index is 12.2. The van der Waals surface area contributed by atoms with Gasteiger partial charge in [-0.1, -0.05) is 22.9 Å². The first kappa shape index (κ1) is 18.0. The molecule has 21 heavy (non-hydrogen) atoms. The second-order valence-electron chi connectivity index (χ2n) is 5.96. The molecule has 0 heterocycles. The fraction of sp³-hybridized carbons (Fsp3) is 0.562. The molecule has 3 N–H and O–H groups in total. The third kappa shape index (κ3) is 5.32. The number of ether oxygens (including phenoxy) is 1. The zero-order chi connectivity index (χ0) is 16.2. The molecule has 0 aliphatic carbocycles. The van der Waals surface area contributed by atoms with E-state index >= 15 is 0 Å². The van der Waals surface area contributed by atoms with Crippen molar-refractivity contribution in [3.8, 4) is 5.75 Å². The van der Waals surface area contributed by atoms with Crippen molar-refractivity contribution in [3.63, 3.8) is 0 Å². The van der Waals surface area contributed by atoms with E-state index in [1.165, 1.54) is 0 Å². The lowest BCUT2D eigenvalue weighted by Gasteiger charge is -2.27. The van der Waals surface area contributed by atoms with E-state index < -0.39 is 6.10 Å². The van der Waals surface area contributed by atoms with Gasteiger partial charge in [0.05, 0.1) is 0 Å². The first-order valence-electron chi connectivity index (χ1n) is 7.20. The fourth-order valence-corrected chi connectivity index (χ4v) is 2.13. The van der Waals surface area contributed by atoms with Gasteiger partial charge in [-0.15, -0.1) is 0 Å². The summed E-state index contributed by atoms with van der Waals surface area (Å²) in [5.41, 5.74) is 6.59. The van der Waals surface area contributed by atoms with Crippen LogP contribution >= 0.6 is 15.9 Å². The molecule has 0 aromatic heterocycles. The molecule has 0 saturated heterocycles. The summed E-state index contributed by atoms with van der Waals surface area (Å²) in [7, 11) is 0. The Morgan fingerprint density at radius 2 is 2.05 bits per heavy atom. The van der Waals surface area contributed by atoms with Crippen LogP contribution in [0.2, 0.25) is 0 Å². The SMILES string of the molecule is CCC(C)(C)NC(=O)C(C)Oc1ccc(Br)cc1C(C)N. The molecule has 0 aliphatic rings. The molecule has 1 rings (SSSR count). The van der Waals surface area contributed by atoms with Gasteiger partial charge in [0.15, 0.2) is 6.10 Å². The van der Waals surface area contributed by atoms with Gasteiger partial charge in [0.1, 0.15) is 5.75 Å². The summed E-state index contributed by atoms with van der Waals surface area (Å²) in [6.07, 6.45) is 0.281. The molecule has 1 amide bonds. The summed E-state index contributed by atoms with van der Waals surface area (Å²) in [4.78, 5) is 12.2. The molecule has 0 spiro atoms. The maximum Gasteiger partial charge on any atom is 0.261 e. The summed E-state index contributed by atoms with van der Waals surface area (Å²) in [5, 5.41) is 2.98. The van der Waals surface area contributed by atoms with Crippen molar-refractivity contribution < 1.29 is 9.53 Å². The first-order valence-corrected chi connectivity index (χ1v) is 7.99. The Hall–Kier alpha value is -1.07. The average molecular weight is 357 g/mol. The number of halogens is 1. The quantitative estimate of drug-likeness (QED) is 0.819. The monoisotopic (exact) mass is 356 g/mol. The number of nitrogens with two attached hydrogens (primary N) is 1. The molecule has 0 aliphatic heterocycles. The van der Waals surface area contributed by atoms with Crippen LogP contribution in [0.1, 0.15) is 52.6 Å². The minimum absolute atomic E-state index is 0.125. The largest absolute Gasteiger partial charge is 0.481 e. The second kappa shape index (κ2) is 7.27. The molecule has 1 aromatic rings. The van der Waals surface area contributed by atoms with Crippen molar-refractivity contribution in [2.75, 3.05) is 0 Å². The number of rotatable bonds is 6. The molecule has 4 nitrogen and oxygen atoms in total. The zero-order valence-electron chi connectivity index (χ0n) is 13.4. The van der Waals surface area contributed by atoms with Crippen LogP contribution in [0, 0.1) is 0 Å². The van der Waals surface area contributed by atoms with Gasteiger partial charge in [-0.3, -0.25) is 4.79 Å². The predicted octanol–water partition coefficient (Wildman–Crippen LogP) is 3.54. The molecule has 5 heteroatoms. The van der Waals surface area contributed by atoms with Crippen LogP contribution in [-0.4, -0.2) is 17.6 Å². The normalized spacial score (nSPS) is 14.4. The van der Waals surface area contributed by atoms with E-state index in [1.807, 2.05) is 45.9 Å². The summed E-state index contributed by atoms with van der Waals surface area (Å²) in [5.74, 6) is 0.519. The number of hydrogen-bond donors (Lipinski definition) is 2. The number of benzene rings is 1. The number of hydrogen-bond acceptors (Lipinski definition) is 3. The Balaban J connectivity index is 2.84. The van der Waals surface area contributed by atoms with E-state index in [0.717, 1.165) is 16.5 Å². The van der Waals surface area contributed by atoms with Crippen molar-refractivity contribution in [1.29, 1.82) is 0 Å². The van der Waals surface area contributed by atoms with Gasteiger partial charge in [0, 0.05) is 21.6 Å². The molecular weight excluding hydrogens is 332 g/mol. The molecule has 0 bridgehead atoms. The zero-order valence-corrected chi connectivity index (χ0v) is 15.0. The van der Waals surface area contributed by atoms with Crippen LogP contribution in [0.4, 0.5) is 0 Å². The van der Waals surface area contributed by atoms with E-state index in [1.54, 1.807) is 6.92 Å². The van der Waals surface area contributed by atoms with Gasteiger partial charge < -0.3 is 15.8 Å². The molecule has 0 radical (unpaired) electrons. The van der Waals surface area contributed by atoms with E-state index in [-0.39, 0.29) is 17.5 Å². The Kier molecular flexibility index (Phi) is 6.23. The molecule has 2 unspecified atom stereocenters. The van der Waals surface area contributed by atoms with E-state index in [9.17, 15) is 4.79 Å². The minimum atomic E-state index is -0.575. The molecular formula is C16H25BrN2O2. The number of amides is 1. The summed E-state index contributed by atoms with van der Waals surface area (Å²) in [6.45, 7) is 9.65. The highest BCUT2D eigenvalue weighted by molar-refractivity contribution is 9.10. The Morgan fingerprint density at radius 1 is 1.43 bits per heavy atom. The van der Waals surface area contributed by atoms with Gasteiger partial charge in [0.25, 0.3) is 5.91 Å². The number of nitrogens with one attached hydrogen (secondary N) is 1. The van der Waals surface area contributed by atoms with Crippen molar-refractivity contribution in [1.82, 2.24) is 5.32 Å². The highest BCUT2D eigenvalue weighted by Gasteiger charge is 2.23. The van der Waals surface area contributed by atoms with Gasteiger partial charge in [-0.25, -0.2) is 0 Å². The van der Waals surface area contributed by atoms with Gasteiger partial charge in [0.2, 0.25) is 0 Å². The Labute approximate surface area is 135 Å². The summed E-state index contributed by atoms with van der Waals surface area (Å²) >= 11 is 3.42. The average Bonchev–Trinajstić information content (AvgIpc) is 2.40. The van der Waals surface area contributed by atoms with Gasteiger partial charge in [-0.05, 0) is 52.3 Å². The van der Waals surface area contributed by atoms with Gasteiger partial charge >= 0.3 is 0 Å². The van der Waals surface area contributed by atoms with Crippen LogP contribution in [0.3, 0.4) is 0 Å². The molecule has 2 atom stereocenters. The molecule has 0 saturated carbocycles. The lowest BCUT2D eigenvalue weighted by molar-refractivity contribution is -0.129. The van der Waals surface area contributed by atoms with Crippen LogP contribution in [0.15, 0.2) is 22.7 Å². The van der Waals surface area contributed by atoms with Crippen molar-refractivity contribution >= 4 is 21.8 Å². The van der Waals surface area contributed by atoms with E-state index in [4.69, 9.17) is 10.5 Å². The lowest BCUT2D eigenvalue weighted by atomic mass is 10.0. The third-order valence-corrected chi connectivity index (χ3v) is 3.97. The van der Waals surface area contributed by atoms with Crippen LogP contribution in [0.5, 0.6) is 5.75 Å². The fourth-order valence-electron chi connectivity index (χ4n) is 1.75.